The third kappa shape index (κ3) is 2.24. The number of hydrogen-bond acceptors (Lipinski definition) is 3. The number of benzene rings is 1. The zero-order chi connectivity index (χ0) is 11.5. The third-order valence-corrected chi connectivity index (χ3v) is 2.81. The van der Waals surface area contributed by atoms with Crippen molar-refractivity contribution in [2.45, 2.75) is 12.8 Å². The second-order valence-electron chi connectivity index (χ2n) is 3.96. The van der Waals surface area contributed by atoms with Crippen LogP contribution in [0.15, 0.2) is 24.3 Å². The van der Waals surface area contributed by atoms with Gasteiger partial charge in [-0.3, -0.25) is 0 Å². The quantitative estimate of drug-likeness (QED) is 0.759. The van der Waals surface area contributed by atoms with Crippen molar-refractivity contribution in [3.05, 3.63) is 35.4 Å². The highest BCUT2D eigenvalue weighted by molar-refractivity contribution is 5.67. The summed E-state index contributed by atoms with van der Waals surface area (Å²) in [5, 5.41) is 10.5. The topological polar surface area (TPSA) is 49.4 Å². The van der Waals surface area contributed by atoms with Crippen LogP contribution >= 0.6 is 0 Å². The van der Waals surface area contributed by atoms with Gasteiger partial charge in [-0.2, -0.15) is 0 Å². The summed E-state index contributed by atoms with van der Waals surface area (Å²) < 4.78 is 5.13. The molecule has 0 heterocycles. The molecule has 0 amide bonds. The maximum Gasteiger partial charge on any atom is 0.119 e. The lowest BCUT2D eigenvalue weighted by atomic mass is 9.88. The summed E-state index contributed by atoms with van der Waals surface area (Å²) in [6.45, 7) is 0. The van der Waals surface area contributed by atoms with Crippen LogP contribution in [0.3, 0.4) is 0 Å². The molecule has 0 radical (unpaired) electrons. The Labute approximate surface area is 94.4 Å². The summed E-state index contributed by atoms with van der Waals surface area (Å²) in [7, 11) is 1.63. The molecule has 0 saturated carbocycles. The van der Waals surface area contributed by atoms with E-state index >= 15 is 0 Å². The minimum Gasteiger partial charge on any atom is -0.550 e. The first-order chi connectivity index (χ1) is 7.69. The second-order valence-corrected chi connectivity index (χ2v) is 3.96. The summed E-state index contributed by atoms with van der Waals surface area (Å²) in [4.78, 5) is 10.5. The van der Waals surface area contributed by atoms with Gasteiger partial charge in [0.25, 0.3) is 0 Å². The first-order valence-corrected chi connectivity index (χ1v) is 5.24. The summed E-state index contributed by atoms with van der Waals surface area (Å²) in [5.74, 6) is -0.126. The van der Waals surface area contributed by atoms with Crippen molar-refractivity contribution in [2.75, 3.05) is 7.11 Å². The lowest BCUT2D eigenvalue weighted by Crippen LogP contribution is -2.26. The molecule has 3 heteroatoms. The van der Waals surface area contributed by atoms with Gasteiger partial charge < -0.3 is 14.6 Å². The van der Waals surface area contributed by atoms with Crippen LogP contribution in [-0.4, -0.2) is 13.1 Å². The summed E-state index contributed by atoms with van der Waals surface area (Å²) in [5.41, 5.74) is 2.27. The molecule has 0 aliphatic heterocycles. The Bertz CT molecular complexity index is 435. The van der Waals surface area contributed by atoms with Crippen LogP contribution in [-0.2, 0) is 11.2 Å². The molecule has 1 aliphatic rings. The molecule has 1 atom stereocenters. The van der Waals surface area contributed by atoms with E-state index in [2.05, 4.69) is 0 Å². The molecule has 84 valence electrons. The van der Waals surface area contributed by atoms with Crippen molar-refractivity contribution >= 4 is 12.0 Å². The molecule has 2 rings (SSSR count). The Kier molecular flexibility index (Phi) is 2.95. The molecule has 0 spiro atoms. The third-order valence-electron chi connectivity index (χ3n) is 2.81. The molecule has 1 aromatic rings. The number of allylic oxidation sites excluding steroid dienone is 1. The Hall–Kier alpha value is -1.77. The molecule has 3 nitrogen and oxygen atoms in total. The highest BCUT2D eigenvalue weighted by Gasteiger charge is 2.14. The molecule has 0 aromatic heterocycles. The van der Waals surface area contributed by atoms with Crippen LogP contribution in [0.2, 0.25) is 0 Å². The number of ether oxygens (including phenoxy) is 1. The highest BCUT2D eigenvalue weighted by atomic mass is 16.5. The fourth-order valence-electron chi connectivity index (χ4n) is 1.99. The van der Waals surface area contributed by atoms with Gasteiger partial charge in [-0.1, -0.05) is 18.2 Å². The molecular formula is C13H13O3-. The fourth-order valence-corrected chi connectivity index (χ4v) is 1.99. The van der Waals surface area contributed by atoms with Crippen LogP contribution in [0.25, 0.3) is 6.08 Å². The SMILES string of the molecule is COc1ccc2c(c1)C=CC(CC(=O)[O-])C2. The summed E-state index contributed by atoms with van der Waals surface area (Å²) in [6.07, 6.45) is 4.72. The van der Waals surface area contributed by atoms with Crippen molar-refractivity contribution in [1.82, 2.24) is 0 Å². The van der Waals surface area contributed by atoms with Gasteiger partial charge in [0.1, 0.15) is 5.75 Å². The number of aliphatic carboxylic acids is 1. The lowest BCUT2D eigenvalue weighted by molar-refractivity contribution is -0.306. The molecule has 1 aliphatic carbocycles. The van der Waals surface area contributed by atoms with Gasteiger partial charge in [-0.05, 0) is 42.0 Å². The average Bonchev–Trinajstić information content (AvgIpc) is 2.27. The van der Waals surface area contributed by atoms with Crippen molar-refractivity contribution in [1.29, 1.82) is 0 Å². The number of rotatable bonds is 3. The Morgan fingerprint density at radius 2 is 2.38 bits per heavy atom. The van der Waals surface area contributed by atoms with E-state index < -0.39 is 5.97 Å². The largest absolute Gasteiger partial charge is 0.550 e. The zero-order valence-corrected chi connectivity index (χ0v) is 9.10. The van der Waals surface area contributed by atoms with E-state index in [1.54, 1.807) is 7.11 Å². The monoisotopic (exact) mass is 217 g/mol. The van der Waals surface area contributed by atoms with Crippen molar-refractivity contribution in [2.24, 2.45) is 5.92 Å². The minimum atomic E-state index is -0.994. The molecular weight excluding hydrogens is 204 g/mol. The van der Waals surface area contributed by atoms with Gasteiger partial charge in [0.05, 0.1) is 7.11 Å². The van der Waals surface area contributed by atoms with Gasteiger partial charge in [-0.25, -0.2) is 0 Å². The predicted molar refractivity (Wildman–Crippen MR) is 58.8 cm³/mol. The van der Waals surface area contributed by atoms with Gasteiger partial charge >= 0.3 is 0 Å². The predicted octanol–water partition coefficient (Wildman–Crippen LogP) is 1.02. The summed E-state index contributed by atoms with van der Waals surface area (Å²) in [6, 6.07) is 5.84. The molecule has 1 unspecified atom stereocenters. The lowest BCUT2D eigenvalue weighted by Gasteiger charge is -2.20. The molecule has 0 bridgehead atoms. The fraction of sp³-hybridized carbons (Fsp3) is 0.308. The first kappa shape index (κ1) is 10.7. The standard InChI is InChI=1S/C13H14O3/c1-16-12-5-4-10-6-9(7-13(14)15)2-3-11(10)8-12/h2-5,8-9H,6-7H2,1H3,(H,14,15)/p-1. The van der Waals surface area contributed by atoms with Gasteiger partial charge in [0.15, 0.2) is 0 Å². The molecule has 0 fully saturated rings. The molecule has 0 N–H and O–H groups in total. The van der Waals surface area contributed by atoms with Crippen molar-refractivity contribution < 1.29 is 14.6 Å². The van der Waals surface area contributed by atoms with Gasteiger partial charge in [0.2, 0.25) is 0 Å². The van der Waals surface area contributed by atoms with Crippen molar-refractivity contribution in [3.63, 3.8) is 0 Å². The second kappa shape index (κ2) is 4.39. The van der Waals surface area contributed by atoms with Crippen LogP contribution in [0, 0.1) is 5.92 Å². The number of hydrogen-bond donors (Lipinski definition) is 0. The molecule has 0 saturated heterocycles. The van der Waals surface area contributed by atoms with Crippen LogP contribution in [0.5, 0.6) is 5.75 Å². The van der Waals surface area contributed by atoms with Gasteiger partial charge in [-0.15, -0.1) is 0 Å². The van der Waals surface area contributed by atoms with E-state index in [4.69, 9.17) is 4.74 Å². The normalized spacial score (nSPS) is 17.9. The van der Waals surface area contributed by atoms with E-state index in [0.717, 1.165) is 23.3 Å². The number of carbonyl (C=O) groups is 1. The van der Waals surface area contributed by atoms with Crippen LogP contribution in [0.4, 0.5) is 0 Å². The Morgan fingerprint density at radius 3 is 3.06 bits per heavy atom. The molecule has 16 heavy (non-hydrogen) atoms. The van der Waals surface area contributed by atoms with Crippen LogP contribution in [0.1, 0.15) is 17.5 Å². The van der Waals surface area contributed by atoms with Crippen LogP contribution < -0.4 is 9.84 Å². The number of fused-ring (bicyclic) bond motifs is 1. The smallest absolute Gasteiger partial charge is 0.119 e. The number of carbonyl (C=O) groups excluding carboxylic acids is 1. The average molecular weight is 217 g/mol. The van der Waals surface area contributed by atoms with Crippen molar-refractivity contribution in [3.8, 4) is 5.75 Å². The van der Waals surface area contributed by atoms with E-state index in [-0.39, 0.29) is 12.3 Å². The van der Waals surface area contributed by atoms with E-state index in [1.165, 1.54) is 0 Å². The zero-order valence-electron chi connectivity index (χ0n) is 9.10. The highest BCUT2D eigenvalue weighted by Crippen LogP contribution is 2.27. The number of carboxylic acids is 1. The van der Waals surface area contributed by atoms with E-state index in [1.807, 2.05) is 30.4 Å². The maximum absolute atomic E-state index is 10.5. The van der Waals surface area contributed by atoms with E-state index in [0.29, 0.717) is 0 Å². The Morgan fingerprint density at radius 1 is 1.56 bits per heavy atom. The summed E-state index contributed by atoms with van der Waals surface area (Å²) >= 11 is 0. The first-order valence-electron chi connectivity index (χ1n) is 5.24. The number of methoxy groups -OCH3 is 1. The van der Waals surface area contributed by atoms with E-state index in [9.17, 15) is 9.90 Å². The molecule has 1 aromatic carbocycles. The Balaban J connectivity index is 2.19. The van der Waals surface area contributed by atoms with Gasteiger partial charge in [0, 0.05) is 5.97 Å². The maximum atomic E-state index is 10.5. The minimum absolute atomic E-state index is 0.0471. The number of carboxylic acid groups (broad SMARTS) is 1.